The van der Waals surface area contributed by atoms with Crippen molar-refractivity contribution >= 4 is 39.9 Å². The molecule has 1 amide bonds. The lowest BCUT2D eigenvalue weighted by atomic mass is 10.1. The lowest BCUT2D eigenvalue weighted by molar-refractivity contribution is -0.121. The van der Waals surface area contributed by atoms with Gasteiger partial charge < -0.3 is 20.3 Å². The first-order valence-electron chi connectivity index (χ1n) is 11.2. The predicted molar refractivity (Wildman–Crippen MR) is 142 cm³/mol. The number of pyridine rings is 1. The van der Waals surface area contributed by atoms with Gasteiger partial charge in [-0.25, -0.2) is 9.97 Å². The molecule has 0 bridgehead atoms. The van der Waals surface area contributed by atoms with E-state index in [0.717, 1.165) is 27.8 Å². The smallest absolute Gasteiger partial charge is 0.234 e. The highest BCUT2D eigenvalue weighted by molar-refractivity contribution is 6.32. The number of benzene rings is 2. The van der Waals surface area contributed by atoms with Crippen LogP contribution in [-0.2, 0) is 4.79 Å². The summed E-state index contributed by atoms with van der Waals surface area (Å²) in [7, 11) is 3.68. The first kappa shape index (κ1) is 24.9. The zero-order valence-electron chi connectivity index (χ0n) is 20.2. The second-order valence-electron chi connectivity index (χ2n) is 8.28. The van der Waals surface area contributed by atoms with Crippen LogP contribution >= 0.6 is 11.6 Å². The average molecular weight is 501 g/mol. The summed E-state index contributed by atoms with van der Waals surface area (Å²) in [6, 6.07) is 14.8. The molecule has 0 fully saturated rings. The molecule has 4 aromatic rings. The second kappa shape index (κ2) is 11.5. The summed E-state index contributed by atoms with van der Waals surface area (Å²) >= 11 is 6.47. The molecule has 0 atom stereocenters. The van der Waals surface area contributed by atoms with Crippen molar-refractivity contribution in [3.8, 4) is 23.3 Å². The van der Waals surface area contributed by atoms with Crippen molar-refractivity contribution in [3.63, 3.8) is 0 Å². The van der Waals surface area contributed by atoms with Gasteiger partial charge in [0.05, 0.1) is 29.8 Å². The number of likely N-dealkylation sites (N-methyl/N-ethyl adjacent to an activating group) is 1. The number of carbonyl (C=O) groups is 1. The number of amides is 1. The summed E-state index contributed by atoms with van der Waals surface area (Å²) < 4.78 is 5.84. The molecule has 4 rings (SSSR count). The zero-order chi connectivity index (χ0) is 25.5. The summed E-state index contributed by atoms with van der Waals surface area (Å²) in [6.45, 7) is 2.51. The standard InChI is InChI=1S/C27H25ClN6O2/c1-18-6-9-21(15-30-18)36-25-11-8-20(14-23(25)28)33-27-22-13-19(7-10-24(22)31-17-32-27)5-4-12-29-26(35)16-34(2)3/h6-11,13-15,17H,12,16H2,1-3H3,(H,29,35)(H,31,32,33). The molecule has 0 spiro atoms. The highest BCUT2D eigenvalue weighted by Crippen LogP contribution is 2.33. The maximum Gasteiger partial charge on any atom is 0.234 e. The molecule has 0 saturated carbocycles. The van der Waals surface area contributed by atoms with Crippen molar-refractivity contribution in [2.45, 2.75) is 6.92 Å². The Hall–Kier alpha value is -4.19. The molecule has 0 unspecified atom stereocenters. The van der Waals surface area contributed by atoms with Crippen LogP contribution in [0.3, 0.4) is 0 Å². The van der Waals surface area contributed by atoms with Crippen LogP contribution in [0.2, 0.25) is 5.02 Å². The fraction of sp³-hybridized carbons (Fsp3) is 0.185. The summed E-state index contributed by atoms with van der Waals surface area (Å²) in [5.41, 5.74) is 3.21. The summed E-state index contributed by atoms with van der Waals surface area (Å²) in [5.74, 6) is 7.73. The molecule has 2 aromatic carbocycles. The maximum atomic E-state index is 11.7. The molecular formula is C27H25ClN6O2. The first-order valence-corrected chi connectivity index (χ1v) is 11.6. The van der Waals surface area contributed by atoms with E-state index in [0.29, 0.717) is 28.9 Å². The van der Waals surface area contributed by atoms with E-state index in [1.807, 2.05) is 57.4 Å². The molecule has 2 aromatic heterocycles. The minimum absolute atomic E-state index is 0.0710. The normalized spacial score (nSPS) is 10.6. The quantitative estimate of drug-likeness (QED) is 0.359. The number of aryl methyl sites for hydroxylation is 1. The van der Waals surface area contributed by atoms with Crippen LogP contribution in [0, 0.1) is 18.8 Å². The third kappa shape index (κ3) is 6.69. The second-order valence-corrected chi connectivity index (χ2v) is 8.69. The third-order valence-electron chi connectivity index (χ3n) is 5.01. The molecule has 0 aliphatic carbocycles. The van der Waals surface area contributed by atoms with Gasteiger partial charge in [-0.2, -0.15) is 0 Å². The number of rotatable bonds is 7. The Labute approximate surface area is 214 Å². The van der Waals surface area contributed by atoms with Gasteiger partial charge in [-0.1, -0.05) is 23.4 Å². The molecule has 0 aliphatic rings. The van der Waals surface area contributed by atoms with Crippen molar-refractivity contribution in [3.05, 3.63) is 77.3 Å². The Morgan fingerprint density at radius 3 is 2.69 bits per heavy atom. The lowest BCUT2D eigenvalue weighted by Crippen LogP contribution is -2.33. The van der Waals surface area contributed by atoms with E-state index in [1.54, 1.807) is 23.2 Å². The predicted octanol–water partition coefficient (Wildman–Crippen LogP) is 4.55. The van der Waals surface area contributed by atoms with E-state index >= 15 is 0 Å². The van der Waals surface area contributed by atoms with Gasteiger partial charge in [0.2, 0.25) is 5.91 Å². The van der Waals surface area contributed by atoms with Crippen molar-refractivity contribution in [1.82, 2.24) is 25.2 Å². The molecule has 9 heteroatoms. The molecule has 8 nitrogen and oxygen atoms in total. The van der Waals surface area contributed by atoms with Crippen LogP contribution < -0.4 is 15.4 Å². The minimum atomic E-state index is -0.0710. The fourth-order valence-corrected chi connectivity index (χ4v) is 3.52. The number of hydrogen-bond acceptors (Lipinski definition) is 7. The zero-order valence-corrected chi connectivity index (χ0v) is 20.9. The van der Waals surface area contributed by atoms with Gasteiger partial charge in [-0.05, 0) is 69.6 Å². The Morgan fingerprint density at radius 1 is 1.08 bits per heavy atom. The van der Waals surface area contributed by atoms with Gasteiger partial charge in [0.25, 0.3) is 0 Å². The van der Waals surface area contributed by atoms with Crippen LogP contribution in [0.15, 0.2) is 61.1 Å². The van der Waals surface area contributed by atoms with E-state index in [9.17, 15) is 4.79 Å². The molecule has 2 N–H and O–H groups in total. The molecule has 0 saturated heterocycles. The summed E-state index contributed by atoms with van der Waals surface area (Å²) in [5, 5.41) is 7.33. The number of nitrogens with one attached hydrogen (secondary N) is 2. The lowest BCUT2D eigenvalue weighted by Gasteiger charge is -2.12. The van der Waals surface area contributed by atoms with Gasteiger partial charge in [0, 0.05) is 22.3 Å². The number of anilines is 2. The highest BCUT2D eigenvalue weighted by atomic mass is 35.5. The largest absolute Gasteiger partial charge is 0.454 e. The number of nitrogens with zero attached hydrogens (tertiary/aromatic N) is 4. The Kier molecular flexibility index (Phi) is 7.95. The highest BCUT2D eigenvalue weighted by Gasteiger charge is 2.09. The van der Waals surface area contributed by atoms with E-state index in [2.05, 4.69) is 37.4 Å². The number of carbonyl (C=O) groups excluding carboxylic acids is 1. The van der Waals surface area contributed by atoms with E-state index in [1.165, 1.54) is 6.33 Å². The monoisotopic (exact) mass is 500 g/mol. The van der Waals surface area contributed by atoms with E-state index in [4.69, 9.17) is 16.3 Å². The van der Waals surface area contributed by atoms with E-state index < -0.39 is 0 Å². The van der Waals surface area contributed by atoms with Gasteiger partial charge in [-0.3, -0.25) is 9.78 Å². The van der Waals surface area contributed by atoms with Gasteiger partial charge in [-0.15, -0.1) is 0 Å². The van der Waals surface area contributed by atoms with Crippen molar-refractivity contribution in [2.75, 3.05) is 32.5 Å². The Balaban J connectivity index is 1.49. The van der Waals surface area contributed by atoms with Crippen molar-refractivity contribution < 1.29 is 9.53 Å². The molecule has 36 heavy (non-hydrogen) atoms. The van der Waals surface area contributed by atoms with Crippen LogP contribution in [-0.4, -0.2) is 52.9 Å². The topological polar surface area (TPSA) is 92.3 Å². The van der Waals surface area contributed by atoms with Gasteiger partial charge in [0.15, 0.2) is 0 Å². The first-order chi connectivity index (χ1) is 17.4. The van der Waals surface area contributed by atoms with Crippen LogP contribution in [0.25, 0.3) is 10.9 Å². The summed E-state index contributed by atoms with van der Waals surface area (Å²) in [6.07, 6.45) is 3.16. The molecule has 0 aliphatic heterocycles. The number of ether oxygens (including phenoxy) is 1. The Morgan fingerprint density at radius 2 is 1.94 bits per heavy atom. The number of aromatic nitrogens is 3. The third-order valence-corrected chi connectivity index (χ3v) is 5.30. The molecule has 182 valence electrons. The fourth-order valence-electron chi connectivity index (χ4n) is 3.31. The SMILES string of the molecule is Cc1ccc(Oc2ccc(Nc3ncnc4ccc(C#CCNC(=O)CN(C)C)cc34)cc2Cl)cn1. The number of fused-ring (bicyclic) bond motifs is 1. The maximum absolute atomic E-state index is 11.7. The number of hydrogen-bond donors (Lipinski definition) is 2. The summed E-state index contributed by atoms with van der Waals surface area (Å²) in [4.78, 5) is 26.5. The van der Waals surface area contributed by atoms with Crippen molar-refractivity contribution in [2.24, 2.45) is 0 Å². The van der Waals surface area contributed by atoms with Gasteiger partial charge in [0.1, 0.15) is 23.6 Å². The average Bonchev–Trinajstić information content (AvgIpc) is 2.85. The number of halogens is 1. The van der Waals surface area contributed by atoms with E-state index in [-0.39, 0.29) is 12.5 Å². The molecule has 0 radical (unpaired) electrons. The van der Waals surface area contributed by atoms with Gasteiger partial charge >= 0.3 is 0 Å². The van der Waals surface area contributed by atoms with Crippen LogP contribution in [0.1, 0.15) is 11.3 Å². The van der Waals surface area contributed by atoms with Crippen LogP contribution in [0.4, 0.5) is 11.5 Å². The van der Waals surface area contributed by atoms with Crippen molar-refractivity contribution in [1.29, 1.82) is 0 Å². The van der Waals surface area contributed by atoms with Crippen LogP contribution in [0.5, 0.6) is 11.5 Å². The minimum Gasteiger partial charge on any atom is -0.454 e. The Bertz CT molecular complexity index is 1440. The molecule has 2 heterocycles. The molecular weight excluding hydrogens is 476 g/mol.